The van der Waals surface area contributed by atoms with Crippen LogP contribution in [-0.4, -0.2) is 22.0 Å². The summed E-state index contributed by atoms with van der Waals surface area (Å²) in [5.41, 5.74) is 0.998. The van der Waals surface area contributed by atoms with Crippen molar-refractivity contribution >= 4 is 39.7 Å². The lowest BCUT2D eigenvalue weighted by Gasteiger charge is -1.97. The molecule has 0 aliphatic rings. The number of aromatic nitrogens is 1. The number of anilines is 1. The molecule has 0 radical (unpaired) electrons. The monoisotopic (exact) mass is 310 g/mol. The Kier molecular flexibility index (Phi) is 4.51. The first-order chi connectivity index (χ1) is 9.51. The first-order valence-electron chi connectivity index (χ1n) is 6.10. The van der Waals surface area contributed by atoms with Crippen molar-refractivity contribution in [2.75, 3.05) is 5.32 Å². The molecule has 2 aromatic heterocycles. The maximum Gasteiger partial charge on any atom is 0.347 e. The zero-order valence-corrected chi connectivity index (χ0v) is 12.7. The number of carboxylic acids is 1. The van der Waals surface area contributed by atoms with E-state index in [2.05, 4.69) is 17.2 Å². The minimum absolute atomic E-state index is 0.150. The molecule has 20 heavy (non-hydrogen) atoms. The van der Waals surface area contributed by atoms with E-state index in [0.717, 1.165) is 24.2 Å². The Morgan fingerprint density at radius 3 is 2.80 bits per heavy atom. The molecule has 0 saturated carbocycles. The molecule has 5 nitrogen and oxygen atoms in total. The SMILES string of the molecule is CCCc1cc(C(=O)Nc2nc(C)c(C(=O)O)s2)cs1. The highest BCUT2D eigenvalue weighted by Crippen LogP contribution is 2.24. The van der Waals surface area contributed by atoms with Crippen molar-refractivity contribution in [1.29, 1.82) is 0 Å². The number of aryl methyl sites for hydroxylation is 2. The molecular formula is C13H14N2O3S2. The van der Waals surface area contributed by atoms with Crippen LogP contribution in [0.1, 0.15) is 43.9 Å². The molecule has 1 amide bonds. The van der Waals surface area contributed by atoms with Crippen LogP contribution in [0.3, 0.4) is 0 Å². The number of carbonyl (C=O) groups excluding carboxylic acids is 1. The number of thiophene rings is 1. The van der Waals surface area contributed by atoms with Crippen LogP contribution in [0.25, 0.3) is 0 Å². The number of amides is 1. The van der Waals surface area contributed by atoms with Crippen molar-refractivity contribution in [3.8, 4) is 0 Å². The minimum atomic E-state index is -1.03. The summed E-state index contributed by atoms with van der Waals surface area (Å²) in [6, 6.07) is 1.86. The van der Waals surface area contributed by atoms with Gasteiger partial charge in [0, 0.05) is 10.3 Å². The second kappa shape index (κ2) is 6.15. The Labute approximate surface area is 124 Å². The molecule has 0 saturated heterocycles. The van der Waals surface area contributed by atoms with Crippen LogP contribution in [0.2, 0.25) is 0 Å². The summed E-state index contributed by atoms with van der Waals surface area (Å²) in [5.74, 6) is -1.28. The van der Waals surface area contributed by atoms with Crippen molar-refractivity contribution < 1.29 is 14.7 Å². The summed E-state index contributed by atoms with van der Waals surface area (Å²) in [4.78, 5) is 28.3. The van der Waals surface area contributed by atoms with Crippen LogP contribution in [0.5, 0.6) is 0 Å². The molecule has 0 aliphatic carbocycles. The first-order valence-corrected chi connectivity index (χ1v) is 7.80. The molecule has 0 aromatic carbocycles. The second-order valence-corrected chi connectivity index (χ2v) is 6.24. The minimum Gasteiger partial charge on any atom is -0.477 e. The van der Waals surface area contributed by atoms with Gasteiger partial charge in [-0.05, 0) is 19.4 Å². The van der Waals surface area contributed by atoms with E-state index in [1.807, 2.05) is 6.07 Å². The lowest BCUT2D eigenvalue weighted by Crippen LogP contribution is -2.10. The number of thiazole rings is 1. The smallest absolute Gasteiger partial charge is 0.347 e. The number of aromatic carboxylic acids is 1. The average molecular weight is 310 g/mol. The van der Waals surface area contributed by atoms with Gasteiger partial charge in [0.1, 0.15) is 4.88 Å². The largest absolute Gasteiger partial charge is 0.477 e. The van der Waals surface area contributed by atoms with E-state index in [0.29, 0.717) is 16.4 Å². The van der Waals surface area contributed by atoms with E-state index >= 15 is 0 Å². The summed E-state index contributed by atoms with van der Waals surface area (Å²) in [6.45, 7) is 3.70. The fourth-order valence-corrected chi connectivity index (χ4v) is 3.47. The van der Waals surface area contributed by atoms with Crippen LogP contribution in [0.15, 0.2) is 11.4 Å². The molecule has 0 atom stereocenters. The second-order valence-electron chi connectivity index (χ2n) is 4.24. The normalized spacial score (nSPS) is 10.5. The van der Waals surface area contributed by atoms with Gasteiger partial charge in [-0.1, -0.05) is 24.7 Å². The molecular weight excluding hydrogens is 296 g/mol. The zero-order chi connectivity index (χ0) is 14.7. The molecule has 106 valence electrons. The van der Waals surface area contributed by atoms with Crippen molar-refractivity contribution in [2.24, 2.45) is 0 Å². The number of nitrogens with one attached hydrogen (secondary N) is 1. The third-order valence-corrected chi connectivity index (χ3v) is 4.68. The first kappa shape index (κ1) is 14.7. The highest BCUT2D eigenvalue weighted by atomic mass is 32.1. The molecule has 0 unspecified atom stereocenters. The fraction of sp³-hybridized carbons (Fsp3) is 0.308. The summed E-state index contributed by atoms with van der Waals surface area (Å²) in [5, 5.41) is 13.7. The summed E-state index contributed by atoms with van der Waals surface area (Å²) < 4.78 is 0. The van der Waals surface area contributed by atoms with E-state index in [1.165, 1.54) is 4.88 Å². The van der Waals surface area contributed by atoms with Gasteiger partial charge in [0.25, 0.3) is 5.91 Å². The highest BCUT2D eigenvalue weighted by molar-refractivity contribution is 7.17. The Balaban J connectivity index is 2.10. The van der Waals surface area contributed by atoms with E-state index < -0.39 is 5.97 Å². The molecule has 7 heteroatoms. The van der Waals surface area contributed by atoms with Gasteiger partial charge < -0.3 is 5.11 Å². The van der Waals surface area contributed by atoms with Gasteiger partial charge in [0.15, 0.2) is 5.13 Å². The van der Waals surface area contributed by atoms with E-state index in [1.54, 1.807) is 23.6 Å². The maximum atomic E-state index is 12.0. The number of nitrogens with zero attached hydrogens (tertiary/aromatic N) is 1. The van der Waals surface area contributed by atoms with E-state index in [-0.39, 0.29) is 10.8 Å². The molecule has 2 aromatic rings. The van der Waals surface area contributed by atoms with Gasteiger partial charge >= 0.3 is 5.97 Å². The molecule has 0 fully saturated rings. The maximum absolute atomic E-state index is 12.0. The van der Waals surface area contributed by atoms with Crippen molar-refractivity contribution in [2.45, 2.75) is 26.7 Å². The number of rotatable bonds is 5. The molecule has 2 heterocycles. The lowest BCUT2D eigenvalue weighted by atomic mass is 10.2. The van der Waals surface area contributed by atoms with E-state index in [4.69, 9.17) is 5.11 Å². The molecule has 0 bridgehead atoms. The van der Waals surface area contributed by atoms with E-state index in [9.17, 15) is 9.59 Å². The number of hydrogen-bond acceptors (Lipinski definition) is 5. The number of hydrogen-bond donors (Lipinski definition) is 2. The van der Waals surface area contributed by atoms with Crippen LogP contribution in [0.4, 0.5) is 5.13 Å². The van der Waals surface area contributed by atoms with Crippen LogP contribution in [-0.2, 0) is 6.42 Å². The van der Waals surface area contributed by atoms with Gasteiger partial charge in [-0.3, -0.25) is 10.1 Å². The summed E-state index contributed by atoms with van der Waals surface area (Å²) in [7, 11) is 0. The van der Waals surface area contributed by atoms with Gasteiger partial charge in [-0.2, -0.15) is 0 Å². The van der Waals surface area contributed by atoms with Crippen LogP contribution in [0, 0.1) is 6.92 Å². The molecule has 0 aliphatic heterocycles. The third kappa shape index (κ3) is 3.23. The van der Waals surface area contributed by atoms with Gasteiger partial charge in [-0.25, -0.2) is 9.78 Å². The quantitative estimate of drug-likeness (QED) is 0.887. The Bertz CT molecular complexity index is 646. The summed E-state index contributed by atoms with van der Waals surface area (Å²) >= 11 is 2.52. The standard InChI is InChI=1S/C13H14N2O3S2/c1-3-4-9-5-8(6-19-9)11(16)15-13-14-7(2)10(20-13)12(17)18/h5-6H,3-4H2,1-2H3,(H,17,18)(H,14,15,16). The Morgan fingerprint density at radius 2 is 2.20 bits per heavy atom. The zero-order valence-electron chi connectivity index (χ0n) is 11.1. The topological polar surface area (TPSA) is 79.3 Å². The summed E-state index contributed by atoms with van der Waals surface area (Å²) in [6.07, 6.45) is 1.99. The van der Waals surface area contributed by atoms with Gasteiger partial charge in [-0.15, -0.1) is 11.3 Å². The predicted molar refractivity (Wildman–Crippen MR) is 80.1 cm³/mol. The lowest BCUT2D eigenvalue weighted by molar-refractivity contribution is 0.0701. The molecule has 2 rings (SSSR count). The van der Waals surface area contributed by atoms with Crippen molar-refractivity contribution in [1.82, 2.24) is 4.98 Å². The Morgan fingerprint density at radius 1 is 1.45 bits per heavy atom. The Hall–Kier alpha value is -1.73. The molecule has 2 N–H and O–H groups in total. The average Bonchev–Trinajstić information content (AvgIpc) is 2.97. The fourth-order valence-electron chi connectivity index (χ4n) is 1.69. The van der Waals surface area contributed by atoms with Crippen LogP contribution < -0.4 is 5.32 Å². The third-order valence-electron chi connectivity index (χ3n) is 2.62. The van der Waals surface area contributed by atoms with Gasteiger partial charge in [0.05, 0.1) is 11.3 Å². The van der Waals surface area contributed by atoms with Crippen molar-refractivity contribution in [3.05, 3.63) is 32.5 Å². The van der Waals surface area contributed by atoms with Gasteiger partial charge in [0.2, 0.25) is 0 Å². The van der Waals surface area contributed by atoms with Crippen LogP contribution >= 0.6 is 22.7 Å². The highest BCUT2D eigenvalue weighted by Gasteiger charge is 2.16. The molecule has 0 spiro atoms. The van der Waals surface area contributed by atoms with Crippen molar-refractivity contribution in [3.63, 3.8) is 0 Å². The predicted octanol–water partition coefficient (Wildman–Crippen LogP) is 3.42. The number of carboxylic acid groups (broad SMARTS) is 1. The number of carbonyl (C=O) groups is 2.